The van der Waals surface area contributed by atoms with Crippen molar-refractivity contribution in [2.75, 3.05) is 20.2 Å². The van der Waals surface area contributed by atoms with Crippen LogP contribution in [0.1, 0.15) is 22.2 Å². The Hall–Kier alpha value is -3.04. The van der Waals surface area contributed by atoms with Gasteiger partial charge in [-0.2, -0.15) is 9.29 Å². The summed E-state index contributed by atoms with van der Waals surface area (Å²) in [6, 6.07) is 15.1. The number of hydrogen-bond acceptors (Lipinski definition) is 7. The number of esters is 1. The molecule has 3 aromatic rings. The minimum absolute atomic E-state index is 0.120. The number of ether oxygens (including phenoxy) is 1. The number of methoxy groups -OCH3 is 1. The molecule has 1 saturated heterocycles. The van der Waals surface area contributed by atoms with Crippen molar-refractivity contribution in [3.05, 3.63) is 66.1 Å². The molecule has 0 aliphatic carbocycles. The molecule has 1 aliphatic rings. The van der Waals surface area contributed by atoms with Crippen LogP contribution in [-0.4, -0.2) is 49.0 Å². The van der Waals surface area contributed by atoms with Crippen LogP contribution < -0.4 is 0 Å². The molecule has 4 rings (SSSR count). The van der Waals surface area contributed by atoms with Crippen LogP contribution in [0, 0.1) is 0 Å². The van der Waals surface area contributed by atoms with E-state index in [1.807, 2.05) is 30.3 Å². The quantitative estimate of drug-likeness (QED) is 0.607. The van der Waals surface area contributed by atoms with E-state index < -0.39 is 16.0 Å². The summed E-state index contributed by atoms with van der Waals surface area (Å²) in [4.78, 5) is 16.0. The zero-order valence-electron chi connectivity index (χ0n) is 15.0. The van der Waals surface area contributed by atoms with Crippen LogP contribution in [0.4, 0.5) is 0 Å². The molecular weight excluding hydrogens is 382 g/mol. The Balaban J connectivity index is 1.44. The maximum absolute atomic E-state index is 12.7. The number of hydrogen-bond donors (Lipinski definition) is 0. The van der Waals surface area contributed by atoms with Crippen LogP contribution >= 0.6 is 0 Å². The van der Waals surface area contributed by atoms with Crippen LogP contribution in [0.5, 0.6) is 0 Å². The van der Waals surface area contributed by atoms with Gasteiger partial charge in [-0.25, -0.2) is 13.2 Å². The molecule has 0 radical (unpaired) electrons. The average molecular weight is 399 g/mol. The second kappa shape index (κ2) is 7.17. The predicted octanol–water partition coefficient (Wildman–Crippen LogP) is 2.31. The summed E-state index contributed by atoms with van der Waals surface area (Å²) in [7, 11) is -2.37. The third kappa shape index (κ3) is 3.30. The molecule has 28 heavy (non-hydrogen) atoms. The summed E-state index contributed by atoms with van der Waals surface area (Å²) < 4.78 is 36.7. The third-order valence-corrected chi connectivity index (χ3v) is 6.43. The summed E-state index contributed by atoms with van der Waals surface area (Å²) >= 11 is 0. The van der Waals surface area contributed by atoms with Gasteiger partial charge in [-0.3, -0.25) is 0 Å². The molecule has 0 saturated carbocycles. The maximum Gasteiger partial charge on any atom is 0.337 e. The van der Waals surface area contributed by atoms with Gasteiger partial charge in [0.2, 0.25) is 21.7 Å². The zero-order chi connectivity index (χ0) is 19.7. The van der Waals surface area contributed by atoms with Gasteiger partial charge in [0.1, 0.15) is 0 Å². The van der Waals surface area contributed by atoms with Crippen molar-refractivity contribution in [1.82, 2.24) is 14.4 Å². The molecule has 0 atom stereocenters. The van der Waals surface area contributed by atoms with E-state index in [2.05, 4.69) is 14.9 Å². The molecule has 2 aromatic carbocycles. The third-order valence-electron chi connectivity index (χ3n) is 4.58. The Morgan fingerprint density at radius 3 is 2.43 bits per heavy atom. The van der Waals surface area contributed by atoms with E-state index in [9.17, 15) is 13.2 Å². The number of rotatable bonds is 5. The lowest BCUT2D eigenvalue weighted by Crippen LogP contribution is -2.48. The SMILES string of the molecule is COC(=O)c1ccc(S(=O)(=O)N2CC(c3nc(-c4ccccc4)no3)C2)cc1. The first-order valence-electron chi connectivity index (χ1n) is 8.56. The first-order valence-corrected chi connectivity index (χ1v) is 10.0. The first-order chi connectivity index (χ1) is 13.5. The first kappa shape index (κ1) is 18.3. The predicted molar refractivity (Wildman–Crippen MR) is 99.0 cm³/mol. The van der Waals surface area contributed by atoms with Gasteiger partial charge in [-0.1, -0.05) is 35.5 Å². The van der Waals surface area contributed by atoms with Gasteiger partial charge in [0.05, 0.1) is 23.5 Å². The summed E-state index contributed by atoms with van der Waals surface area (Å²) in [5.41, 5.74) is 1.13. The molecular formula is C19H17N3O5S. The van der Waals surface area contributed by atoms with Crippen molar-refractivity contribution in [3.8, 4) is 11.4 Å². The number of sulfonamides is 1. The van der Waals surface area contributed by atoms with Gasteiger partial charge < -0.3 is 9.26 Å². The van der Waals surface area contributed by atoms with Crippen LogP contribution in [0.15, 0.2) is 64.0 Å². The standard InChI is InChI=1S/C19H17N3O5S/c1-26-19(23)14-7-9-16(10-8-14)28(24,25)22-11-15(12-22)18-20-17(21-27-18)13-5-3-2-4-6-13/h2-10,15H,11-12H2,1H3. The Morgan fingerprint density at radius 2 is 1.79 bits per heavy atom. The van der Waals surface area contributed by atoms with Crippen LogP contribution in [0.25, 0.3) is 11.4 Å². The van der Waals surface area contributed by atoms with E-state index in [4.69, 9.17) is 4.52 Å². The molecule has 0 unspecified atom stereocenters. The molecule has 0 spiro atoms. The highest BCUT2D eigenvalue weighted by Gasteiger charge is 2.40. The lowest BCUT2D eigenvalue weighted by atomic mass is 10.0. The number of benzene rings is 2. The normalized spacial score (nSPS) is 15.2. The fourth-order valence-corrected chi connectivity index (χ4v) is 4.46. The topological polar surface area (TPSA) is 103 Å². The van der Waals surface area contributed by atoms with E-state index in [0.29, 0.717) is 17.3 Å². The molecule has 0 amide bonds. The van der Waals surface area contributed by atoms with Gasteiger partial charge in [0.25, 0.3) is 0 Å². The van der Waals surface area contributed by atoms with Crippen LogP contribution in [0.2, 0.25) is 0 Å². The van der Waals surface area contributed by atoms with Crippen molar-refractivity contribution < 1.29 is 22.5 Å². The minimum Gasteiger partial charge on any atom is -0.465 e. The molecule has 0 bridgehead atoms. The minimum atomic E-state index is -3.65. The number of aromatic nitrogens is 2. The van der Waals surface area contributed by atoms with E-state index >= 15 is 0 Å². The average Bonchev–Trinajstić information content (AvgIpc) is 3.16. The van der Waals surface area contributed by atoms with E-state index in [0.717, 1.165) is 5.56 Å². The highest BCUT2D eigenvalue weighted by molar-refractivity contribution is 7.89. The zero-order valence-corrected chi connectivity index (χ0v) is 15.8. The molecule has 1 aromatic heterocycles. The Kier molecular flexibility index (Phi) is 4.70. The Morgan fingerprint density at radius 1 is 1.11 bits per heavy atom. The lowest BCUT2D eigenvalue weighted by Gasteiger charge is -2.35. The molecule has 1 fully saturated rings. The Labute approximate surface area is 161 Å². The monoisotopic (exact) mass is 399 g/mol. The van der Waals surface area contributed by atoms with Crippen molar-refractivity contribution in [1.29, 1.82) is 0 Å². The molecule has 0 N–H and O–H groups in total. The summed E-state index contributed by atoms with van der Waals surface area (Å²) in [6.45, 7) is 0.523. The van der Waals surface area contributed by atoms with E-state index in [1.54, 1.807) is 0 Å². The van der Waals surface area contributed by atoms with Crippen molar-refractivity contribution >= 4 is 16.0 Å². The number of carbonyl (C=O) groups is 1. The van der Waals surface area contributed by atoms with Crippen molar-refractivity contribution in [2.45, 2.75) is 10.8 Å². The summed E-state index contributed by atoms with van der Waals surface area (Å²) in [5.74, 6) is 0.245. The van der Waals surface area contributed by atoms with Gasteiger partial charge in [-0.15, -0.1) is 0 Å². The van der Waals surface area contributed by atoms with Gasteiger partial charge >= 0.3 is 5.97 Å². The van der Waals surface area contributed by atoms with Gasteiger partial charge in [0, 0.05) is 18.7 Å². The second-order valence-electron chi connectivity index (χ2n) is 6.36. The maximum atomic E-state index is 12.7. The molecule has 8 nitrogen and oxygen atoms in total. The summed E-state index contributed by atoms with van der Waals surface area (Å²) in [5, 5.41) is 3.97. The number of carbonyl (C=O) groups excluding carboxylic acids is 1. The van der Waals surface area contributed by atoms with E-state index in [1.165, 1.54) is 35.7 Å². The number of nitrogens with zero attached hydrogens (tertiary/aromatic N) is 3. The van der Waals surface area contributed by atoms with Crippen molar-refractivity contribution in [2.24, 2.45) is 0 Å². The molecule has 9 heteroatoms. The highest BCUT2D eigenvalue weighted by atomic mass is 32.2. The van der Waals surface area contributed by atoms with Gasteiger partial charge in [-0.05, 0) is 24.3 Å². The fraction of sp³-hybridized carbons (Fsp3) is 0.211. The smallest absolute Gasteiger partial charge is 0.337 e. The highest BCUT2D eigenvalue weighted by Crippen LogP contribution is 2.32. The van der Waals surface area contributed by atoms with E-state index in [-0.39, 0.29) is 23.9 Å². The van der Waals surface area contributed by atoms with Crippen LogP contribution in [-0.2, 0) is 14.8 Å². The Bertz CT molecular complexity index is 1090. The largest absolute Gasteiger partial charge is 0.465 e. The molecule has 2 heterocycles. The lowest BCUT2D eigenvalue weighted by molar-refractivity contribution is 0.0600. The molecule has 144 valence electrons. The fourth-order valence-electron chi connectivity index (χ4n) is 2.93. The van der Waals surface area contributed by atoms with Crippen molar-refractivity contribution in [3.63, 3.8) is 0 Å². The molecule has 1 aliphatic heterocycles. The summed E-state index contributed by atoms with van der Waals surface area (Å²) in [6.07, 6.45) is 0. The van der Waals surface area contributed by atoms with Crippen LogP contribution in [0.3, 0.4) is 0 Å². The second-order valence-corrected chi connectivity index (χ2v) is 8.30. The van der Waals surface area contributed by atoms with Gasteiger partial charge in [0.15, 0.2) is 0 Å².